The Morgan fingerprint density at radius 2 is 1.12 bits per heavy atom. The van der Waals surface area contributed by atoms with Crippen molar-refractivity contribution in [3.63, 3.8) is 0 Å². The highest BCUT2D eigenvalue weighted by Crippen LogP contribution is 2.34. The zero-order chi connectivity index (χ0) is 23.9. The van der Waals surface area contributed by atoms with E-state index >= 15 is 0 Å². The molecule has 0 aromatic rings. The van der Waals surface area contributed by atoms with Crippen LogP contribution in [0.2, 0.25) is 0 Å². The Bertz CT molecular complexity index is 569. The smallest absolute Gasteiger partial charge is 0.303 e. The Morgan fingerprint density at radius 3 is 1.62 bits per heavy atom. The van der Waals surface area contributed by atoms with E-state index in [0.717, 1.165) is 18.6 Å². The first-order chi connectivity index (χ1) is 15.3. The van der Waals surface area contributed by atoms with Gasteiger partial charge in [-0.25, -0.2) is 0 Å². The minimum atomic E-state index is -0.908. The summed E-state index contributed by atoms with van der Waals surface area (Å²) >= 11 is 1.55. The van der Waals surface area contributed by atoms with Gasteiger partial charge in [0.2, 0.25) is 0 Å². The summed E-state index contributed by atoms with van der Waals surface area (Å²) in [7, 11) is 0. The van der Waals surface area contributed by atoms with Gasteiger partial charge in [-0.15, -0.1) is 11.8 Å². The number of rotatable bonds is 15. The zero-order valence-corrected chi connectivity index (χ0v) is 21.2. The third kappa shape index (κ3) is 11.5. The van der Waals surface area contributed by atoms with Crippen molar-refractivity contribution in [3.05, 3.63) is 0 Å². The SMILES string of the molecule is CCCCCCCCCCCCS[C@@H]1O[C@@H](C)[C@H](OC(C)=O)[C@@H](OC(C)=O)[C@H]1OC(C)=O. The summed E-state index contributed by atoms with van der Waals surface area (Å²) in [6, 6.07) is 0. The average Bonchev–Trinajstić information content (AvgIpc) is 2.70. The van der Waals surface area contributed by atoms with Gasteiger partial charge in [-0.2, -0.15) is 0 Å². The van der Waals surface area contributed by atoms with E-state index in [9.17, 15) is 14.4 Å². The maximum Gasteiger partial charge on any atom is 0.303 e. The van der Waals surface area contributed by atoms with Crippen LogP contribution in [0.4, 0.5) is 0 Å². The predicted octanol–water partition coefficient (Wildman–Crippen LogP) is 5.18. The van der Waals surface area contributed by atoms with Crippen LogP contribution in [0.25, 0.3) is 0 Å². The number of thioether (sulfide) groups is 1. The fourth-order valence-corrected chi connectivity index (χ4v) is 5.15. The van der Waals surface area contributed by atoms with Crippen LogP contribution in [-0.2, 0) is 33.3 Å². The molecule has 0 amide bonds. The largest absolute Gasteiger partial charge is 0.456 e. The fourth-order valence-electron chi connectivity index (χ4n) is 3.89. The summed E-state index contributed by atoms with van der Waals surface area (Å²) in [6.45, 7) is 7.86. The molecular formula is C24H42O7S. The molecule has 0 aromatic heterocycles. The van der Waals surface area contributed by atoms with Gasteiger partial charge in [-0.05, 0) is 19.1 Å². The molecule has 0 unspecified atom stereocenters. The van der Waals surface area contributed by atoms with E-state index < -0.39 is 47.8 Å². The highest BCUT2D eigenvalue weighted by Gasteiger charge is 2.50. The lowest BCUT2D eigenvalue weighted by molar-refractivity contribution is -0.229. The van der Waals surface area contributed by atoms with Crippen LogP contribution < -0.4 is 0 Å². The summed E-state index contributed by atoms with van der Waals surface area (Å²) in [5.74, 6) is -0.703. The Labute approximate surface area is 197 Å². The molecule has 5 atom stereocenters. The number of ether oxygens (including phenoxy) is 4. The van der Waals surface area contributed by atoms with Gasteiger partial charge in [0.25, 0.3) is 0 Å². The van der Waals surface area contributed by atoms with Gasteiger partial charge in [0, 0.05) is 20.8 Å². The van der Waals surface area contributed by atoms with E-state index in [0.29, 0.717) is 0 Å². The molecule has 186 valence electrons. The molecule has 32 heavy (non-hydrogen) atoms. The molecule has 1 aliphatic rings. The van der Waals surface area contributed by atoms with Crippen molar-refractivity contribution in [2.45, 2.75) is 129 Å². The molecular weight excluding hydrogens is 432 g/mol. The van der Waals surface area contributed by atoms with E-state index in [2.05, 4.69) is 6.92 Å². The Balaban J connectivity index is 2.53. The molecule has 0 N–H and O–H groups in total. The molecule has 0 aromatic carbocycles. The lowest BCUT2D eigenvalue weighted by Crippen LogP contribution is -2.59. The third-order valence-electron chi connectivity index (χ3n) is 5.41. The number of hydrogen-bond donors (Lipinski definition) is 0. The first-order valence-corrected chi connectivity index (χ1v) is 13.1. The van der Waals surface area contributed by atoms with Gasteiger partial charge in [-0.3, -0.25) is 14.4 Å². The summed E-state index contributed by atoms with van der Waals surface area (Å²) in [5.41, 5.74) is -0.497. The summed E-state index contributed by atoms with van der Waals surface area (Å²) < 4.78 is 22.3. The molecule has 0 spiro atoms. The lowest BCUT2D eigenvalue weighted by Gasteiger charge is -2.43. The van der Waals surface area contributed by atoms with Crippen LogP contribution in [0.3, 0.4) is 0 Å². The van der Waals surface area contributed by atoms with Gasteiger partial charge < -0.3 is 18.9 Å². The van der Waals surface area contributed by atoms with E-state index in [1.54, 1.807) is 18.7 Å². The van der Waals surface area contributed by atoms with Gasteiger partial charge in [0.1, 0.15) is 5.44 Å². The monoisotopic (exact) mass is 474 g/mol. The van der Waals surface area contributed by atoms with Gasteiger partial charge >= 0.3 is 17.9 Å². The topological polar surface area (TPSA) is 88.1 Å². The maximum absolute atomic E-state index is 11.7. The molecule has 1 saturated heterocycles. The molecule has 0 bridgehead atoms. The number of carbonyl (C=O) groups excluding carboxylic acids is 3. The van der Waals surface area contributed by atoms with Gasteiger partial charge in [0.05, 0.1) is 6.10 Å². The molecule has 1 rings (SSSR count). The second-order valence-corrected chi connectivity index (χ2v) is 9.69. The van der Waals surface area contributed by atoms with Crippen LogP contribution in [0.1, 0.15) is 98.8 Å². The first kappa shape index (κ1) is 28.8. The van der Waals surface area contributed by atoms with Crippen LogP contribution in [0, 0.1) is 0 Å². The summed E-state index contributed by atoms with van der Waals surface area (Å²) in [5, 5.41) is 0. The van der Waals surface area contributed by atoms with E-state index in [4.69, 9.17) is 18.9 Å². The highest BCUT2D eigenvalue weighted by atomic mass is 32.2. The average molecular weight is 475 g/mol. The van der Waals surface area contributed by atoms with E-state index in [1.165, 1.54) is 72.1 Å². The molecule has 1 heterocycles. The third-order valence-corrected chi connectivity index (χ3v) is 6.65. The highest BCUT2D eigenvalue weighted by molar-refractivity contribution is 7.99. The minimum Gasteiger partial charge on any atom is -0.456 e. The standard InChI is InChI=1S/C24H42O7S/c1-6-7-8-9-10-11-12-13-14-15-16-32-24-23(31-20(5)27)22(30-19(4)26)21(17(2)28-24)29-18(3)25/h17,21-24H,6-16H2,1-5H3/t17-,21-,22+,23+,24-/m0/s1. The molecule has 1 fully saturated rings. The van der Waals surface area contributed by atoms with Crippen molar-refractivity contribution in [3.8, 4) is 0 Å². The van der Waals surface area contributed by atoms with E-state index in [-0.39, 0.29) is 0 Å². The van der Waals surface area contributed by atoms with Gasteiger partial charge in [0.15, 0.2) is 18.3 Å². The minimum absolute atomic E-state index is 0.497. The van der Waals surface area contributed by atoms with Crippen LogP contribution >= 0.6 is 11.8 Å². The van der Waals surface area contributed by atoms with Crippen molar-refractivity contribution in [1.82, 2.24) is 0 Å². The lowest BCUT2D eigenvalue weighted by atomic mass is 10.00. The Morgan fingerprint density at radius 1 is 0.688 bits per heavy atom. The molecule has 0 radical (unpaired) electrons. The van der Waals surface area contributed by atoms with Crippen LogP contribution in [0.5, 0.6) is 0 Å². The fraction of sp³-hybridized carbons (Fsp3) is 0.875. The molecule has 7 nitrogen and oxygen atoms in total. The first-order valence-electron chi connectivity index (χ1n) is 12.0. The van der Waals surface area contributed by atoms with Crippen molar-refractivity contribution in [2.75, 3.05) is 5.75 Å². The summed E-state index contributed by atoms with van der Waals surface area (Å²) in [4.78, 5) is 35.0. The van der Waals surface area contributed by atoms with Crippen LogP contribution in [0.15, 0.2) is 0 Å². The van der Waals surface area contributed by atoms with Crippen molar-refractivity contribution >= 4 is 29.7 Å². The summed E-state index contributed by atoms with van der Waals surface area (Å²) in [6.07, 6.45) is 9.52. The predicted molar refractivity (Wildman–Crippen MR) is 125 cm³/mol. The zero-order valence-electron chi connectivity index (χ0n) is 20.4. The normalized spacial score (nSPS) is 25.2. The number of hydrogen-bond acceptors (Lipinski definition) is 8. The second kappa shape index (κ2) is 16.4. The number of esters is 3. The maximum atomic E-state index is 11.7. The van der Waals surface area contributed by atoms with Crippen molar-refractivity contribution in [1.29, 1.82) is 0 Å². The van der Waals surface area contributed by atoms with E-state index in [1.807, 2.05) is 0 Å². The molecule has 0 saturated carbocycles. The van der Waals surface area contributed by atoms with Crippen LogP contribution in [-0.4, -0.2) is 53.5 Å². The van der Waals surface area contributed by atoms with Gasteiger partial charge in [-0.1, -0.05) is 64.7 Å². The Kier molecular flexibility index (Phi) is 14.7. The second-order valence-electron chi connectivity index (χ2n) is 8.48. The molecule has 8 heteroatoms. The number of carbonyl (C=O) groups is 3. The van der Waals surface area contributed by atoms with Crippen molar-refractivity contribution in [2.24, 2.45) is 0 Å². The number of unbranched alkanes of at least 4 members (excludes halogenated alkanes) is 9. The molecule has 0 aliphatic carbocycles. The quantitative estimate of drug-likeness (QED) is 0.182. The van der Waals surface area contributed by atoms with Crippen molar-refractivity contribution < 1.29 is 33.3 Å². The molecule has 1 aliphatic heterocycles. The Hall–Kier alpha value is -1.28.